The van der Waals surface area contributed by atoms with Crippen LogP contribution in [0.3, 0.4) is 0 Å². The monoisotopic (exact) mass is 279 g/mol. The zero-order chi connectivity index (χ0) is 14.6. The fraction of sp³-hybridized carbons (Fsp3) is 0.562. The summed E-state index contributed by atoms with van der Waals surface area (Å²) in [6.07, 6.45) is 3.57. The lowest BCUT2D eigenvalue weighted by Crippen LogP contribution is -2.48. The maximum Gasteiger partial charge on any atom is 0.251 e. The van der Waals surface area contributed by atoms with Crippen LogP contribution in [0.15, 0.2) is 24.3 Å². The molecule has 0 bridgehead atoms. The maximum atomic E-state index is 12.9. The molecule has 0 saturated carbocycles. The predicted octanol–water partition coefficient (Wildman–Crippen LogP) is 3.29. The summed E-state index contributed by atoms with van der Waals surface area (Å²) in [4.78, 5) is 12.1. The van der Waals surface area contributed by atoms with Gasteiger partial charge in [-0.2, -0.15) is 0 Å². The first-order valence-corrected chi connectivity index (χ1v) is 7.29. The van der Waals surface area contributed by atoms with E-state index in [4.69, 9.17) is 4.74 Å². The summed E-state index contributed by atoms with van der Waals surface area (Å²) >= 11 is 0. The Morgan fingerprint density at radius 1 is 1.35 bits per heavy atom. The molecule has 20 heavy (non-hydrogen) atoms. The number of carbonyl (C=O) groups is 1. The first-order chi connectivity index (χ1) is 9.58. The van der Waals surface area contributed by atoms with Crippen LogP contribution in [0, 0.1) is 5.82 Å². The Morgan fingerprint density at radius 2 is 2.00 bits per heavy atom. The number of rotatable bonds is 4. The summed E-state index contributed by atoms with van der Waals surface area (Å²) in [5, 5.41) is 3.04. The molecule has 0 aromatic heterocycles. The molecule has 2 rings (SSSR count). The summed E-state index contributed by atoms with van der Waals surface area (Å²) in [6, 6.07) is 5.76. The maximum absolute atomic E-state index is 12.9. The van der Waals surface area contributed by atoms with Gasteiger partial charge in [-0.3, -0.25) is 4.79 Å². The summed E-state index contributed by atoms with van der Waals surface area (Å²) in [5.41, 5.74) is 0.385. The number of ether oxygens (including phenoxy) is 1. The van der Waals surface area contributed by atoms with Crippen LogP contribution < -0.4 is 5.32 Å². The predicted molar refractivity (Wildman–Crippen MR) is 76.2 cm³/mol. The van der Waals surface area contributed by atoms with Crippen LogP contribution in [-0.4, -0.2) is 24.2 Å². The van der Waals surface area contributed by atoms with Crippen LogP contribution in [0.2, 0.25) is 0 Å². The van der Waals surface area contributed by atoms with Crippen molar-refractivity contribution < 1.29 is 13.9 Å². The minimum absolute atomic E-state index is 0.112. The fourth-order valence-electron chi connectivity index (χ4n) is 2.76. The molecular weight excluding hydrogens is 257 g/mol. The first kappa shape index (κ1) is 15.0. The van der Waals surface area contributed by atoms with E-state index in [-0.39, 0.29) is 23.4 Å². The van der Waals surface area contributed by atoms with Crippen LogP contribution >= 0.6 is 0 Å². The molecule has 0 spiro atoms. The quantitative estimate of drug-likeness (QED) is 0.918. The standard InChI is InChI=1S/C16H22FNO2/c1-3-16(4-2)11-14(9-10-20-16)18-15(19)12-5-7-13(17)8-6-12/h5-8,14H,3-4,9-11H2,1-2H3,(H,18,19). The Hall–Kier alpha value is -1.42. The van der Waals surface area contributed by atoms with Crippen LogP contribution in [0.25, 0.3) is 0 Å². The van der Waals surface area contributed by atoms with Gasteiger partial charge in [-0.05, 0) is 49.9 Å². The molecule has 1 fully saturated rings. The number of nitrogens with one attached hydrogen (secondary N) is 1. The molecule has 1 amide bonds. The summed E-state index contributed by atoms with van der Waals surface area (Å²) in [7, 11) is 0. The minimum atomic E-state index is -0.330. The van der Waals surface area contributed by atoms with Crippen molar-refractivity contribution in [3.63, 3.8) is 0 Å². The van der Waals surface area contributed by atoms with Gasteiger partial charge in [-0.1, -0.05) is 13.8 Å². The highest BCUT2D eigenvalue weighted by Gasteiger charge is 2.35. The second-order valence-electron chi connectivity index (χ2n) is 5.41. The molecule has 0 radical (unpaired) electrons. The third-order valence-electron chi connectivity index (χ3n) is 4.22. The summed E-state index contributed by atoms with van der Waals surface area (Å²) < 4.78 is 18.7. The number of halogens is 1. The Kier molecular flexibility index (Phi) is 4.76. The highest BCUT2D eigenvalue weighted by atomic mass is 19.1. The molecular formula is C16H22FNO2. The molecule has 110 valence electrons. The van der Waals surface area contributed by atoms with E-state index >= 15 is 0 Å². The average molecular weight is 279 g/mol. The van der Waals surface area contributed by atoms with Crippen LogP contribution in [0.4, 0.5) is 4.39 Å². The van der Waals surface area contributed by atoms with E-state index in [1.165, 1.54) is 24.3 Å². The van der Waals surface area contributed by atoms with Crippen LogP contribution in [0.1, 0.15) is 49.9 Å². The normalized spacial score (nSPS) is 21.4. The SMILES string of the molecule is CCC1(CC)CC(NC(=O)c2ccc(F)cc2)CCO1. The third kappa shape index (κ3) is 3.37. The number of carbonyl (C=O) groups excluding carboxylic acids is 1. The number of hydrogen-bond acceptors (Lipinski definition) is 2. The molecule has 4 heteroatoms. The van der Waals surface area contributed by atoms with Gasteiger partial charge in [-0.15, -0.1) is 0 Å². The first-order valence-electron chi connectivity index (χ1n) is 7.29. The van der Waals surface area contributed by atoms with E-state index in [0.717, 1.165) is 25.7 Å². The van der Waals surface area contributed by atoms with Gasteiger partial charge in [0.2, 0.25) is 0 Å². The smallest absolute Gasteiger partial charge is 0.251 e. The van der Waals surface area contributed by atoms with Gasteiger partial charge in [0, 0.05) is 18.2 Å². The van der Waals surface area contributed by atoms with Gasteiger partial charge in [0.15, 0.2) is 0 Å². The number of amides is 1. The molecule has 1 atom stereocenters. The Morgan fingerprint density at radius 3 is 2.60 bits per heavy atom. The van der Waals surface area contributed by atoms with Gasteiger partial charge in [0.1, 0.15) is 5.82 Å². The zero-order valence-electron chi connectivity index (χ0n) is 12.1. The summed E-state index contributed by atoms with van der Waals surface area (Å²) in [6.45, 7) is 4.91. The highest BCUT2D eigenvalue weighted by Crippen LogP contribution is 2.31. The van der Waals surface area contributed by atoms with E-state index in [1.54, 1.807) is 0 Å². The molecule has 1 aliphatic heterocycles. The fourth-order valence-corrected chi connectivity index (χ4v) is 2.76. The van der Waals surface area contributed by atoms with E-state index in [9.17, 15) is 9.18 Å². The van der Waals surface area contributed by atoms with Crippen molar-refractivity contribution in [1.82, 2.24) is 5.32 Å². The van der Waals surface area contributed by atoms with Crippen molar-refractivity contribution in [2.45, 2.75) is 51.2 Å². The van der Waals surface area contributed by atoms with E-state index in [2.05, 4.69) is 19.2 Å². The third-order valence-corrected chi connectivity index (χ3v) is 4.22. The molecule has 1 heterocycles. The lowest BCUT2D eigenvalue weighted by molar-refractivity contribution is -0.0917. The van der Waals surface area contributed by atoms with Crippen LogP contribution in [-0.2, 0) is 4.74 Å². The lowest BCUT2D eigenvalue weighted by Gasteiger charge is -2.40. The summed E-state index contributed by atoms with van der Waals surface area (Å²) in [5.74, 6) is -0.471. The molecule has 1 unspecified atom stereocenters. The van der Waals surface area contributed by atoms with Crippen molar-refractivity contribution in [3.8, 4) is 0 Å². The van der Waals surface area contributed by atoms with Crippen LogP contribution in [0.5, 0.6) is 0 Å². The Labute approximate surface area is 119 Å². The molecule has 0 aliphatic carbocycles. The Balaban J connectivity index is 1.99. The van der Waals surface area contributed by atoms with Gasteiger partial charge in [0.05, 0.1) is 5.60 Å². The lowest BCUT2D eigenvalue weighted by atomic mass is 9.86. The average Bonchev–Trinajstić information content (AvgIpc) is 2.48. The largest absolute Gasteiger partial charge is 0.375 e. The number of hydrogen-bond donors (Lipinski definition) is 1. The van der Waals surface area contributed by atoms with Gasteiger partial charge in [-0.25, -0.2) is 4.39 Å². The minimum Gasteiger partial charge on any atom is -0.375 e. The van der Waals surface area contributed by atoms with Crippen molar-refractivity contribution in [2.75, 3.05) is 6.61 Å². The second-order valence-corrected chi connectivity index (χ2v) is 5.41. The van der Waals surface area contributed by atoms with Crippen molar-refractivity contribution in [1.29, 1.82) is 0 Å². The van der Waals surface area contributed by atoms with Gasteiger partial charge in [0.25, 0.3) is 5.91 Å². The van der Waals surface area contributed by atoms with Crippen molar-refractivity contribution in [2.24, 2.45) is 0 Å². The molecule has 1 aliphatic rings. The molecule has 1 N–H and O–H groups in total. The zero-order valence-corrected chi connectivity index (χ0v) is 12.1. The molecule has 1 saturated heterocycles. The number of benzene rings is 1. The van der Waals surface area contributed by atoms with E-state index < -0.39 is 0 Å². The van der Waals surface area contributed by atoms with E-state index in [0.29, 0.717) is 12.2 Å². The molecule has 1 aromatic carbocycles. The van der Waals surface area contributed by atoms with Crippen molar-refractivity contribution in [3.05, 3.63) is 35.6 Å². The molecule has 3 nitrogen and oxygen atoms in total. The Bertz CT molecular complexity index is 454. The topological polar surface area (TPSA) is 38.3 Å². The van der Waals surface area contributed by atoms with Gasteiger partial charge >= 0.3 is 0 Å². The second kappa shape index (κ2) is 6.35. The van der Waals surface area contributed by atoms with Gasteiger partial charge < -0.3 is 10.1 Å². The van der Waals surface area contributed by atoms with E-state index in [1.807, 2.05) is 0 Å². The molecule has 1 aromatic rings. The highest BCUT2D eigenvalue weighted by molar-refractivity contribution is 5.94. The van der Waals surface area contributed by atoms with Crippen molar-refractivity contribution >= 4 is 5.91 Å².